The maximum Gasteiger partial charge on any atom is 0.260 e. The lowest BCUT2D eigenvalue weighted by Crippen LogP contribution is -2.41. The highest BCUT2D eigenvalue weighted by Crippen LogP contribution is 2.30. The van der Waals surface area contributed by atoms with Gasteiger partial charge in [-0.3, -0.25) is 9.59 Å². The summed E-state index contributed by atoms with van der Waals surface area (Å²) in [5.41, 5.74) is 0.745. The number of fused-ring (bicyclic) bond motifs is 1. The fourth-order valence-corrected chi connectivity index (χ4v) is 4.32. The molecule has 0 fully saturated rings. The second-order valence-electron chi connectivity index (χ2n) is 7.49. The highest BCUT2D eigenvalue weighted by molar-refractivity contribution is 7.99. The largest absolute Gasteiger partial charge is 0.351 e. The SMILES string of the molecule is CC[C@@H](C)Cc1c(C)sc2nc(SCC(=O)NC(C)(C)C)[nH]c(=O)c12. The number of rotatable bonds is 6. The Balaban J connectivity index is 2.22. The molecule has 2 N–H and O–H groups in total. The molecule has 0 unspecified atom stereocenters. The van der Waals surface area contributed by atoms with Crippen molar-refractivity contribution in [2.45, 2.75) is 65.1 Å². The Morgan fingerprint density at radius 1 is 1.40 bits per heavy atom. The average Bonchev–Trinajstić information content (AvgIpc) is 2.79. The number of aromatic nitrogens is 2. The minimum absolute atomic E-state index is 0.0694. The number of nitrogens with one attached hydrogen (secondary N) is 2. The summed E-state index contributed by atoms with van der Waals surface area (Å²) in [5, 5.41) is 4.12. The number of H-pyrrole nitrogens is 1. The molecule has 2 aromatic rings. The monoisotopic (exact) mass is 381 g/mol. The van der Waals surface area contributed by atoms with Gasteiger partial charge >= 0.3 is 0 Å². The standard InChI is InChI=1S/C18H27N3O2S2/c1-7-10(2)8-12-11(3)25-16-14(12)15(23)19-17(20-16)24-9-13(22)21-18(4,5)6/h10H,7-9H2,1-6H3,(H,21,22)(H,19,20,23)/t10-/m1/s1. The molecule has 0 aromatic carbocycles. The van der Waals surface area contributed by atoms with Gasteiger partial charge in [-0.15, -0.1) is 11.3 Å². The molecule has 2 rings (SSSR count). The first kappa shape index (κ1) is 20.0. The molecule has 0 bridgehead atoms. The first-order valence-corrected chi connectivity index (χ1v) is 10.4. The van der Waals surface area contributed by atoms with Crippen molar-refractivity contribution >= 4 is 39.2 Å². The zero-order valence-corrected chi connectivity index (χ0v) is 17.4. The number of aryl methyl sites for hydroxylation is 1. The Morgan fingerprint density at radius 2 is 2.08 bits per heavy atom. The smallest absolute Gasteiger partial charge is 0.260 e. The molecule has 1 amide bonds. The summed E-state index contributed by atoms with van der Waals surface area (Å²) in [4.78, 5) is 33.8. The van der Waals surface area contributed by atoms with Gasteiger partial charge in [0.2, 0.25) is 5.91 Å². The van der Waals surface area contributed by atoms with Gasteiger partial charge in [0, 0.05) is 10.4 Å². The third-order valence-corrected chi connectivity index (χ3v) is 5.86. The van der Waals surface area contributed by atoms with E-state index in [1.165, 1.54) is 11.8 Å². The molecular weight excluding hydrogens is 354 g/mol. The number of amides is 1. The van der Waals surface area contributed by atoms with Crippen LogP contribution in [0.3, 0.4) is 0 Å². The number of carbonyl (C=O) groups excluding carboxylic acids is 1. The van der Waals surface area contributed by atoms with E-state index in [2.05, 4.69) is 29.1 Å². The van der Waals surface area contributed by atoms with E-state index in [4.69, 9.17) is 0 Å². The normalized spacial score (nSPS) is 13.2. The summed E-state index contributed by atoms with van der Waals surface area (Å²) in [5.74, 6) is 0.696. The fourth-order valence-electron chi connectivity index (χ4n) is 2.55. The maximum atomic E-state index is 12.6. The van der Waals surface area contributed by atoms with Gasteiger partial charge in [-0.1, -0.05) is 32.0 Å². The van der Waals surface area contributed by atoms with Crippen molar-refractivity contribution in [3.05, 3.63) is 20.8 Å². The number of hydrogen-bond donors (Lipinski definition) is 2. The fraction of sp³-hybridized carbons (Fsp3) is 0.611. The van der Waals surface area contributed by atoms with Gasteiger partial charge in [0.15, 0.2) is 5.16 Å². The molecule has 0 aliphatic carbocycles. The lowest BCUT2D eigenvalue weighted by Gasteiger charge is -2.20. The summed E-state index contributed by atoms with van der Waals surface area (Å²) in [6, 6.07) is 0. The number of aromatic amines is 1. The van der Waals surface area contributed by atoms with E-state index < -0.39 is 0 Å². The van der Waals surface area contributed by atoms with Crippen LogP contribution in [0.5, 0.6) is 0 Å². The third kappa shape index (κ3) is 5.31. The van der Waals surface area contributed by atoms with E-state index in [-0.39, 0.29) is 22.8 Å². The molecule has 7 heteroatoms. The molecule has 0 radical (unpaired) electrons. The Labute approximate surface area is 157 Å². The first-order chi connectivity index (χ1) is 11.6. The molecule has 2 heterocycles. The van der Waals surface area contributed by atoms with E-state index >= 15 is 0 Å². The van der Waals surface area contributed by atoms with Gasteiger partial charge in [-0.05, 0) is 45.6 Å². The lowest BCUT2D eigenvalue weighted by atomic mass is 9.98. The Bertz CT molecular complexity index is 818. The van der Waals surface area contributed by atoms with Crippen LogP contribution in [0, 0.1) is 12.8 Å². The third-order valence-electron chi connectivity index (χ3n) is 3.94. The summed E-state index contributed by atoms with van der Waals surface area (Å²) in [7, 11) is 0. The lowest BCUT2D eigenvalue weighted by molar-refractivity contribution is -0.119. The van der Waals surface area contributed by atoms with E-state index in [0.29, 0.717) is 16.5 Å². The minimum atomic E-state index is -0.266. The predicted octanol–water partition coefficient (Wildman–Crippen LogP) is 3.89. The van der Waals surface area contributed by atoms with Crippen molar-refractivity contribution in [3.8, 4) is 0 Å². The molecule has 0 saturated heterocycles. The zero-order valence-electron chi connectivity index (χ0n) is 15.8. The van der Waals surface area contributed by atoms with Crippen LogP contribution < -0.4 is 10.9 Å². The summed E-state index contributed by atoms with van der Waals surface area (Å²) in [6.07, 6.45) is 1.98. The minimum Gasteiger partial charge on any atom is -0.351 e. The molecule has 2 aromatic heterocycles. The van der Waals surface area contributed by atoms with Crippen molar-refractivity contribution in [2.24, 2.45) is 5.92 Å². The summed E-state index contributed by atoms with van der Waals surface area (Å²) in [6.45, 7) is 12.2. The predicted molar refractivity (Wildman–Crippen MR) is 107 cm³/mol. The number of carbonyl (C=O) groups is 1. The summed E-state index contributed by atoms with van der Waals surface area (Å²) >= 11 is 2.82. The molecule has 0 aliphatic heterocycles. The average molecular weight is 382 g/mol. The number of nitrogens with zero attached hydrogens (tertiary/aromatic N) is 1. The second kappa shape index (κ2) is 7.91. The van der Waals surface area contributed by atoms with Crippen LogP contribution in [-0.2, 0) is 11.2 Å². The number of thioether (sulfide) groups is 1. The Kier molecular flexibility index (Phi) is 6.32. The van der Waals surface area contributed by atoms with Gasteiger partial charge in [-0.25, -0.2) is 4.98 Å². The molecule has 0 aliphatic rings. The molecule has 25 heavy (non-hydrogen) atoms. The van der Waals surface area contributed by atoms with Crippen LogP contribution in [0.25, 0.3) is 10.2 Å². The topological polar surface area (TPSA) is 74.8 Å². The van der Waals surface area contributed by atoms with Crippen molar-refractivity contribution in [2.75, 3.05) is 5.75 Å². The molecular formula is C18H27N3O2S2. The van der Waals surface area contributed by atoms with Crippen LogP contribution in [-0.4, -0.2) is 27.2 Å². The number of hydrogen-bond acceptors (Lipinski definition) is 5. The zero-order chi connectivity index (χ0) is 18.8. The van der Waals surface area contributed by atoms with E-state index in [0.717, 1.165) is 28.1 Å². The first-order valence-electron chi connectivity index (χ1n) is 8.56. The van der Waals surface area contributed by atoms with Gasteiger partial charge in [0.25, 0.3) is 5.56 Å². The van der Waals surface area contributed by atoms with Crippen molar-refractivity contribution in [1.82, 2.24) is 15.3 Å². The Hall–Kier alpha value is -1.34. The Morgan fingerprint density at radius 3 is 2.68 bits per heavy atom. The number of thiophene rings is 1. The van der Waals surface area contributed by atoms with Crippen molar-refractivity contribution < 1.29 is 4.79 Å². The van der Waals surface area contributed by atoms with E-state index in [9.17, 15) is 9.59 Å². The van der Waals surface area contributed by atoms with Gasteiger partial charge < -0.3 is 10.3 Å². The van der Waals surface area contributed by atoms with Crippen LogP contribution >= 0.6 is 23.1 Å². The van der Waals surface area contributed by atoms with Gasteiger partial charge in [0.05, 0.1) is 11.1 Å². The van der Waals surface area contributed by atoms with Crippen LogP contribution in [0.4, 0.5) is 0 Å². The molecule has 0 spiro atoms. The van der Waals surface area contributed by atoms with E-state index in [1.54, 1.807) is 11.3 Å². The molecule has 1 atom stereocenters. The van der Waals surface area contributed by atoms with Crippen LogP contribution in [0.1, 0.15) is 51.5 Å². The highest BCUT2D eigenvalue weighted by Gasteiger charge is 2.18. The molecule has 138 valence electrons. The van der Waals surface area contributed by atoms with Crippen LogP contribution in [0.15, 0.2) is 9.95 Å². The van der Waals surface area contributed by atoms with Gasteiger partial charge in [0.1, 0.15) is 4.83 Å². The van der Waals surface area contributed by atoms with Gasteiger partial charge in [-0.2, -0.15) is 0 Å². The highest BCUT2D eigenvalue weighted by atomic mass is 32.2. The summed E-state index contributed by atoms with van der Waals surface area (Å²) < 4.78 is 0. The van der Waals surface area contributed by atoms with Crippen molar-refractivity contribution in [3.63, 3.8) is 0 Å². The van der Waals surface area contributed by atoms with E-state index in [1.807, 2.05) is 27.7 Å². The quantitative estimate of drug-likeness (QED) is 0.588. The van der Waals surface area contributed by atoms with Crippen molar-refractivity contribution in [1.29, 1.82) is 0 Å². The van der Waals surface area contributed by atoms with Crippen LogP contribution in [0.2, 0.25) is 0 Å². The molecule has 5 nitrogen and oxygen atoms in total. The molecule has 0 saturated carbocycles. The maximum absolute atomic E-state index is 12.6. The second-order valence-corrected chi connectivity index (χ2v) is 9.66.